The number of benzene rings is 1. The summed E-state index contributed by atoms with van der Waals surface area (Å²) in [7, 11) is 1.75. The van der Waals surface area contributed by atoms with Crippen LogP contribution in [0.4, 0.5) is 5.82 Å². The Morgan fingerprint density at radius 1 is 1.09 bits per heavy atom. The Balaban J connectivity index is 1.51. The van der Waals surface area contributed by atoms with Crippen molar-refractivity contribution in [3.63, 3.8) is 0 Å². The summed E-state index contributed by atoms with van der Waals surface area (Å²) in [6, 6.07) is 13.4. The third-order valence-electron chi connectivity index (χ3n) is 4.85. The Morgan fingerprint density at radius 2 is 1.91 bits per heavy atom. The third kappa shape index (κ3) is 4.90. The summed E-state index contributed by atoms with van der Waals surface area (Å²) in [6.07, 6.45) is 1.25. The number of para-hydroxylation sites is 2. The van der Waals surface area contributed by atoms with Crippen LogP contribution in [0.5, 0.6) is 6.01 Å². The second-order valence-corrected chi connectivity index (χ2v) is 8.73. The highest BCUT2D eigenvalue weighted by molar-refractivity contribution is 5.89. The van der Waals surface area contributed by atoms with E-state index in [9.17, 15) is 4.79 Å². The number of imidazole rings is 1. The van der Waals surface area contributed by atoms with Crippen LogP contribution in [0, 0.1) is 5.41 Å². The molecule has 0 unspecified atom stereocenters. The van der Waals surface area contributed by atoms with Gasteiger partial charge in [0.2, 0.25) is 5.91 Å². The molecule has 10 nitrogen and oxygen atoms in total. The van der Waals surface area contributed by atoms with E-state index in [2.05, 4.69) is 51.6 Å². The second-order valence-electron chi connectivity index (χ2n) is 8.73. The molecule has 0 atom stereocenters. The molecule has 1 N–H and O–H groups in total. The van der Waals surface area contributed by atoms with E-state index < -0.39 is 0 Å². The van der Waals surface area contributed by atoms with Gasteiger partial charge in [-0.25, -0.2) is 14.2 Å². The minimum Gasteiger partial charge on any atom is -0.458 e. The van der Waals surface area contributed by atoms with Gasteiger partial charge < -0.3 is 10.1 Å². The first-order valence-corrected chi connectivity index (χ1v) is 10.4. The molecular formula is C22H26N8O2. The maximum Gasteiger partial charge on any atom is 0.305 e. The van der Waals surface area contributed by atoms with Crippen LogP contribution >= 0.6 is 0 Å². The largest absolute Gasteiger partial charge is 0.458 e. The van der Waals surface area contributed by atoms with Crippen molar-refractivity contribution in [2.45, 2.75) is 40.2 Å². The molecule has 0 aliphatic carbocycles. The maximum atomic E-state index is 12.2. The Morgan fingerprint density at radius 3 is 2.66 bits per heavy atom. The predicted molar refractivity (Wildman–Crippen MR) is 119 cm³/mol. The quantitative estimate of drug-likeness (QED) is 0.475. The van der Waals surface area contributed by atoms with Crippen LogP contribution in [-0.2, 0) is 18.4 Å². The predicted octanol–water partition coefficient (Wildman–Crippen LogP) is 3.29. The number of hydrogen-bond donors (Lipinski definition) is 1. The molecule has 3 heterocycles. The molecule has 4 aromatic rings. The van der Waals surface area contributed by atoms with Crippen LogP contribution in [0.3, 0.4) is 0 Å². The van der Waals surface area contributed by atoms with E-state index >= 15 is 0 Å². The first kappa shape index (κ1) is 21.4. The number of nitrogens with zero attached hydrogens (tertiary/aromatic N) is 7. The van der Waals surface area contributed by atoms with E-state index in [4.69, 9.17) is 4.74 Å². The second kappa shape index (κ2) is 8.74. The lowest BCUT2D eigenvalue weighted by atomic mass is 9.90. The number of rotatable bonds is 7. The van der Waals surface area contributed by atoms with Gasteiger partial charge in [-0.2, -0.15) is 4.98 Å². The van der Waals surface area contributed by atoms with E-state index in [0.717, 1.165) is 17.5 Å². The van der Waals surface area contributed by atoms with Gasteiger partial charge in [0.15, 0.2) is 0 Å². The molecule has 4 rings (SSSR count). The molecule has 0 aliphatic heterocycles. The number of carbonyl (C=O) groups excluding carboxylic acids is 1. The lowest BCUT2D eigenvalue weighted by Gasteiger charge is -2.17. The zero-order valence-corrected chi connectivity index (χ0v) is 18.6. The van der Waals surface area contributed by atoms with Gasteiger partial charge in [-0.05, 0) is 46.5 Å². The molecule has 1 amide bonds. The van der Waals surface area contributed by atoms with Crippen molar-refractivity contribution in [3.8, 4) is 12.0 Å². The topological polar surface area (TPSA) is 113 Å². The molecular weight excluding hydrogens is 408 g/mol. The molecule has 1 aromatic carbocycles. The summed E-state index contributed by atoms with van der Waals surface area (Å²) in [5.74, 6) is 0.930. The molecule has 3 aromatic heterocycles. The van der Waals surface area contributed by atoms with Crippen molar-refractivity contribution in [2.24, 2.45) is 12.5 Å². The molecule has 0 saturated heterocycles. The highest BCUT2D eigenvalue weighted by Crippen LogP contribution is 2.25. The fourth-order valence-electron chi connectivity index (χ4n) is 3.17. The maximum absolute atomic E-state index is 12.2. The summed E-state index contributed by atoms with van der Waals surface area (Å²) in [6.45, 7) is 6.50. The monoisotopic (exact) mass is 434 g/mol. The van der Waals surface area contributed by atoms with Crippen LogP contribution < -0.4 is 10.1 Å². The highest BCUT2D eigenvalue weighted by Gasteiger charge is 2.18. The number of fused-ring (bicyclic) bond motifs is 1. The first-order valence-electron chi connectivity index (χ1n) is 10.4. The van der Waals surface area contributed by atoms with Crippen LogP contribution in [0.1, 0.15) is 39.3 Å². The zero-order chi connectivity index (χ0) is 22.7. The average Bonchev–Trinajstić information content (AvgIpc) is 3.33. The molecule has 0 spiro atoms. The molecule has 0 fully saturated rings. The minimum atomic E-state index is -0.0536. The Bertz CT molecular complexity index is 1240. The van der Waals surface area contributed by atoms with Gasteiger partial charge in [-0.3, -0.25) is 4.79 Å². The van der Waals surface area contributed by atoms with Crippen molar-refractivity contribution in [2.75, 3.05) is 5.32 Å². The van der Waals surface area contributed by atoms with Crippen LogP contribution in [0.25, 0.3) is 17.0 Å². The molecule has 0 radical (unpaired) electrons. The summed E-state index contributed by atoms with van der Waals surface area (Å²) >= 11 is 0. The van der Waals surface area contributed by atoms with Gasteiger partial charge in [0.25, 0.3) is 5.95 Å². The number of aryl methyl sites for hydroxylation is 1. The number of ether oxygens (including phenoxy) is 1. The van der Waals surface area contributed by atoms with E-state index in [1.165, 1.54) is 0 Å². The van der Waals surface area contributed by atoms with E-state index in [1.54, 1.807) is 22.4 Å². The standard InChI is InChI=1S/C22H26N8O2/c1-22(2,3)13-12-19(31)25-18-11-7-8-15(23-18)14-32-21-24-16-9-5-6-10-17(16)30(21)20-26-27-28-29(20)4/h5-11H,12-14H2,1-4H3,(H,23,25,31). The van der Waals surface area contributed by atoms with E-state index in [0.29, 0.717) is 29.9 Å². The number of aromatic nitrogens is 7. The Labute approximate surface area is 185 Å². The van der Waals surface area contributed by atoms with Gasteiger partial charge in [0.1, 0.15) is 12.4 Å². The van der Waals surface area contributed by atoms with Gasteiger partial charge in [0.05, 0.1) is 16.7 Å². The summed E-state index contributed by atoms with van der Waals surface area (Å²) < 4.78 is 9.31. The van der Waals surface area contributed by atoms with Crippen molar-refractivity contribution in [1.29, 1.82) is 0 Å². The van der Waals surface area contributed by atoms with E-state index in [-0.39, 0.29) is 17.9 Å². The molecule has 0 aliphatic rings. The number of anilines is 1. The van der Waals surface area contributed by atoms with Crippen LogP contribution in [0.15, 0.2) is 42.5 Å². The van der Waals surface area contributed by atoms with Gasteiger partial charge in [-0.1, -0.05) is 44.1 Å². The van der Waals surface area contributed by atoms with Crippen molar-refractivity contribution in [3.05, 3.63) is 48.2 Å². The molecule has 32 heavy (non-hydrogen) atoms. The third-order valence-corrected chi connectivity index (χ3v) is 4.85. The fourth-order valence-corrected chi connectivity index (χ4v) is 3.17. The van der Waals surface area contributed by atoms with Crippen LogP contribution in [0.2, 0.25) is 0 Å². The van der Waals surface area contributed by atoms with Crippen molar-refractivity contribution in [1.82, 2.24) is 34.7 Å². The fraction of sp³-hybridized carbons (Fsp3) is 0.364. The molecule has 0 saturated carbocycles. The molecule has 0 bridgehead atoms. The van der Waals surface area contributed by atoms with Crippen molar-refractivity contribution >= 4 is 22.8 Å². The van der Waals surface area contributed by atoms with Crippen LogP contribution in [-0.4, -0.2) is 40.6 Å². The highest BCUT2D eigenvalue weighted by atomic mass is 16.5. The van der Waals surface area contributed by atoms with Crippen molar-refractivity contribution < 1.29 is 9.53 Å². The SMILES string of the molecule is Cn1nnnc1-n1c(OCc2cccc(NC(=O)CCC(C)(C)C)n2)nc2ccccc21. The molecule has 166 valence electrons. The Kier molecular flexibility index (Phi) is 5.85. The normalized spacial score (nSPS) is 11.6. The smallest absolute Gasteiger partial charge is 0.305 e. The number of tetrazole rings is 1. The summed E-state index contributed by atoms with van der Waals surface area (Å²) in [4.78, 5) is 21.3. The lowest BCUT2D eigenvalue weighted by Crippen LogP contribution is -2.16. The summed E-state index contributed by atoms with van der Waals surface area (Å²) in [5.41, 5.74) is 2.35. The zero-order valence-electron chi connectivity index (χ0n) is 18.6. The van der Waals surface area contributed by atoms with E-state index in [1.807, 2.05) is 36.4 Å². The summed E-state index contributed by atoms with van der Waals surface area (Å²) in [5, 5.41) is 14.6. The van der Waals surface area contributed by atoms with Gasteiger partial charge >= 0.3 is 6.01 Å². The van der Waals surface area contributed by atoms with Gasteiger partial charge in [0, 0.05) is 13.5 Å². The Hall–Kier alpha value is -3.82. The first-order chi connectivity index (χ1) is 15.3. The number of pyridine rings is 1. The molecule has 10 heteroatoms. The van der Waals surface area contributed by atoms with Gasteiger partial charge in [-0.15, -0.1) is 0 Å². The average molecular weight is 435 g/mol. The number of amides is 1. The lowest BCUT2D eigenvalue weighted by molar-refractivity contribution is -0.116. The number of hydrogen-bond acceptors (Lipinski definition) is 7. The minimum absolute atomic E-state index is 0.0536. The number of nitrogens with one attached hydrogen (secondary N) is 1. The number of carbonyl (C=O) groups is 1.